The number of aryl methyl sites for hydroxylation is 1. The van der Waals surface area contributed by atoms with Crippen LogP contribution in [0.1, 0.15) is 69.9 Å². The predicted octanol–water partition coefficient (Wildman–Crippen LogP) is 5.24. The van der Waals surface area contributed by atoms with Crippen molar-refractivity contribution in [3.8, 4) is 5.75 Å². The summed E-state index contributed by atoms with van der Waals surface area (Å²) in [6, 6.07) is 6.53. The Morgan fingerprint density at radius 3 is 0.973 bits per heavy atom. The van der Waals surface area contributed by atoms with Crippen molar-refractivity contribution < 1.29 is 97.8 Å². The second kappa shape index (κ2) is 58.3. The van der Waals surface area contributed by atoms with Gasteiger partial charge in [-0.1, -0.05) is 63.7 Å². The maximum atomic E-state index is 10.8. The number of nitrogens with two attached hydrogens (primary N) is 1. The Hall–Kier alpha value is -1.89. The number of benzene rings is 1. The van der Waals surface area contributed by atoms with Gasteiger partial charge in [0, 0.05) is 9.77 Å². The van der Waals surface area contributed by atoms with Crippen molar-refractivity contribution in [3.63, 3.8) is 0 Å². The molecule has 0 fully saturated rings. The zero-order valence-corrected chi connectivity index (χ0v) is 46.5. The number of hydrogen-bond donors (Lipinski definition) is 1. The van der Waals surface area contributed by atoms with E-state index in [1.807, 2.05) is 6.92 Å². The zero-order valence-electron chi connectivity index (χ0n) is 45.6. The lowest BCUT2D eigenvalue weighted by molar-refractivity contribution is -0.0306. The minimum Gasteiger partial charge on any atom is -0.491 e. The van der Waals surface area contributed by atoms with Crippen LogP contribution in [-0.2, 0) is 110 Å². The van der Waals surface area contributed by atoms with Crippen molar-refractivity contribution in [3.05, 3.63) is 35.4 Å². The van der Waals surface area contributed by atoms with E-state index in [1.165, 1.54) is 50.5 Å². The maximum Gasteiger partial charge on any atom is 0.564 e. The van der Waals surface area contributed by atoms with E-state index < -0.39 is 10.8 Å². The second-order valence-corrected chi connectivity index (χ2v) is 17.5. The van der Waals surface area contributed by atoms with Crippen LogP contribution in [0.5, 0.6) is 5.75 Å². The van der Waals surface area contributed by atoms with Crippen LogP contribution in [0.15, 0.2) is 24.3 Å². The monoisotopic (exact) mass is 1100 g/mol. The van der Waals surface area contributed by atoms with Crippen molar-refractivity contribution in [2.75, 3.05) is 225 Å². The Kier molecular flexibility index (Phi) is 55.3. The Labute approximate surface area is 450 Å². The highest BCUT2D eigenvalue weighted by molar-refractivity contribution is 7.88. The van der Waals surface area contributed by atoms with Gasteiger partial charge in [-0.2, -0.15) is 5.90 Å². The lowest BCUT2D eigenvalue weighted by Gasteiger charge is -2.12. The summed E-state index contributed by atoms with van der Waals surface area (Å²) in [7, 11) is -4.15. The Balaban J connectivity index is 1.69. The fourth-order valence-corrected chi connectivity index (χ4v) is 6.64. The molecular formula is C52H97NO21S+. The molecule has 2 N–H and O–H groups in total. The SMILES string of the molecule is C/C=C/c1cc(CCCCCCCCC)ccc1OCCOCCOCCOCCOCCOCCOCCOCCOCCOCCOCCOCCOCCOCCOCCOCCOCCO[S+]([O])(=O)ON. The highest BCUT2D eigenvalue weighted by Gasteiger charge is 2.32. The van der Waals surface area contributed by atoms with Crippen LogP contribution in [0, 0.1) is 0 Å². The summed E-state index contributed by atoms with van der Waals surface area (Å²) in [4.78, 5) is 0. The van der Waals surface area contributed by atoms with Crippen molar-refractivity contribution >= 4 is 16.9 Å². The van der Waals surface area contributed by atoms with Gasteiger partial charge >= 0.3 is 10.8 Å². The van der Waals surface area contributed by atoms with E-state index in [0.717, 1.165) is 17.7 Å². The number of rotatable bonds is 63. The van der Waals surface area contributed by atoms with Crippen molar-refractivity contribution in [2.45, 2.75) is 65.2 Å². The molecule has 0 aromatic heterocycles. The first-order chi connectivity index (χ1) is 37.0. The first-order valence-electron chi connectivity index (χ1n) is 26.9. The molecule has 0 spiro atoms. The molecule has 0 aliphatic rings. The van der Waals surface area contributed by atoms with Gasteiger partial charge in [0.15, 0.2) is 0 Å². The summed E-state index contributed by atoms with van der Waals surface area (Å²) in [5.41, 5.74) is 2.49. The third kappa shape index (κ3) is 52.6. The molecule has 0 amide bonds. The summed E-state index contributed by atoms with van der Waals surface area (Å²) in [6.45, 7) is 19.0. The van der Waals surface area contributed by atoms with E-state index in [1.54, 1.807) is 0 Å². The van der Waals surface area contributed by atoms with Crippen LogP contribution < -0.4 is 10.6 Å². The molecule has 1 unspecified atom stereocenters. The summed E-state index contributed by atoms with van der Waals surface area (Å²) in [5.74, 6) is 5.43. The molecule has 0 saturated carbocycles. The van der Waals surface area contributed by atoms with Crippen LogP contribution in [0.4, 0.5) is 0 Å². The Morgan fingerprint density at radius 1 is 0.400 bits per heavy atom. The molecule has 0 saturated heterocycles. The lowest BCUT2D eigenvalue weighted by Crippen LogP contribution is -2.22. The van der Waals surface area contributed by atoms with Crippen LogP contribution >= 0.6 is 0 Å². The van der Waals surface area contributed by atoms with Crippen molar-refractivity contribution in [2.24, 2.45) is 5.90 Å². The number of ether oxygens (including phenoxy) is 17. The van der Waals surface area contributed by atoms with Gasteiger partial charge in [-0.3, -0.25) is 0 Å². The quantitative estimate of drug-likeness (QED) is 0.0499. The fourth-order valence-electron chi connectivity index (χ4n) is 6.32. The molecule has 0 bridgehead atoms. The summed E-state index contributed by atoms with van der Waals surface area (Å²) in [6.07, 6.45) is 14.5. The van der Waals surface area contributed by atoms with E-state index in [4.69, 9.17) is 80.5 Å². The standard InChI is InChI=1S/C52H97NO21S/c1-3-5-6-7-8-9-10-12-50-13-14-52(51(49-50)11-4-2)72-47-45-70-43-41-68-39-37-66-35-33-64-31-29-62-27-25-60-23-21-58-19-17-56-15-16-57-18-20-59-22-24-61-26-28-63-30-32-65-34-36-67-38-40-69-42-44-71-46-48-73-75(54,55)74-53/h4,11,13-14,49H,3,5-10,12,15-48,53H2,1-2H3/q+1/b11-4+. The van der Waals surface area contributed by atoms with Gasteiger partial charge in [0.25, 0.3) is 0 Å². The first kappa shape index (κ1) is 71.1. The van der Waals surface area contributed by atoms with Gasteiger partial charge in [-0.05, 0) is 41.7 Å². The average molecular weight is 1100 g/mol. The first-order valence-corrected chi connectivity index (χ1v) is 28.3. The average Bonchev–Trinajstić information content (AvgIpc) is 3.41. The van der Waals surface area contributed by atoms with Gasteiger partial charge < -0.3 is 80.5 Å². The normalized spacial score (nSPS) is 12.6. The topological polar surface area (TPSA) is 238 Å². The largest absolute Gasteiger partial charge is 0.564 e. The third-order valence-corrected chi connectivity index (χ3v) is 10.8. The number of hydrogen-bond acceptors (Lipinski definition) is 21. The van der Waals surface area contributed by atoms with Gasteiger partial charge in [-0.25, -0.2) is 0 Å². The fraction of sp³-hybridized carbons (Fsp3) is 0.846. The molecule has 0 aliphatic carbocycles. The number of unbranched alkanes of at least 4 members (excludes halogenated alkanes) is 6. The predicted molar refractivity (Wildman–Crippen MR) is 281 cm³/mol. The van der Waals surface area contributed by atoms with Gasteiger partial charge in [0.2, 0.25) is 0 Å². The van der Waals surface area contributed by atoms with Crippen LogP contribution in [0.3, 0.4) is 0 Å². The van der Waals surface area contributed by atoms with Crippen molar-refractivity contribution in [1.29, 1.82) is 0 Å². The molecule has 22 nitrogen and oxygen atoms in total. The zero-order chi connectivity index (χ0) is 53.9. The molecule has 1 atom stereocenters. The van der Waals surface area contributed by atoms with Gasteiger partial charge in [-0.15, -0.1) is 4.18 Å². The van der Waals surface area contributed by atoms with Gasteiger partial charge in [0.1, 0.15) is 23.5 Å². The summed E-state index contributed by atoms with van der Waals surface area (Å²) >= 11 is 0. The van der Waals surface area contributed by atoms with Crippen LogP contribution in [0.2, 0.25) is 0 Å². The lowest BCUT2D eigenvalue weighted by atomic mass is 10.0. The molecular weight excluding hydrogens is 1010 g/mol. The minimum atomic E-state index is -4.15. The highest BCUT2D eigenvalue weighted by Crippen LogP contribution is 2.23. The molecule has 1 aromatic carbocycles. The van der Waals surface area contributed by atoms with Crippen LogP contribution in [0.25, 0.3) is 6.08 Å². The molecule has 75 heavy (non-hydrogen) atoms. The maximum absolute atomic E-state index is 10.8. The van der Waals surface area contributed by atoms with E-state index in [-0.39, 0.29) is 19.8 Å². The van der Waals surface area contributed by atoms with Gasteiger partial charge in [0.05, 0.1) is 211 Å². The molecule has 0 aliphatic heterocycles. The Bertz CT molecular complexity index is 1390. The van der Waals surface area contributed by atoms with E-state index in [2.05, 4.69) is 51.6 Å². The highest BCUT2D eigenvalue weighted by atomic mass is 32.3. The number of allylic oxidation sites excluding steroid dienone is 1. The molecule has 1 aromatic rings. The smallest absolute Gasteiger partial charge is 0.491 e. The molecule has 441 valence electrons. The van der Waals surface area contributed by atoms with Crippen molar-refractivity contribution in [1.82, 2.24) is 0 Å². The molecule has 23 heteroatoms. The van der Waals surface area contributed by atoms with E-state index >= 15 is 0 Å². The summed E-state index contributed by atoms with van der Waals surface area (Å²) < 4.78 is 124. The molecule has 0 heterocycles. The van der Waals surface area contributed by atoms with Crippen LogP contribution in [-0.4, -0.2) is 225 Å². The second-order valence-electron chi connectivity index (χ2n) is 16.2. The molecule has 1 rings (SSSR count). The minimum absolute atomic E-state index is 0.0555. The summed E-state index contributed by atoms with van der Waals surface area (Å²) in [5, 5.41) is 0. The molecule has 1 radical (unpaired) electrons. The Morgan fingerprint density at radius 2 is 0.680 bits per heavy atom. The van der Waals surface area contributed by atoms with E-state index in [9.17, 15) is 8.76 Å². The van der Waals surface area contributed by atoms with E-state index in [0.29, 0.717) is 205 Å². The third-order valence-electron chi connectivity index (χ3n) is 10.1.